The number of likely N-dealkylation sites (tertiary alicyclic amines) is 1. The van der Waals surface area contributed by atoms with E-state index in [0.29, 0.717) is 24.3 Å². The first-order valence-electron chi connectivity index (χ1n) is 10.9. The van der Waals surface area contributed by atoms with Gasteiger partial charge in [0.2, 0.25) is 5.91 Å². The maximum Gasteiger partial charge on any atom is 0.387 e. The summed E-state index contributed by atoms with van der Waals surface area (Å²) < 4.78 is 55.7. The normalized spacial score (nSPS) is 17.3. The number of aromatic nitrogens is 2. The Bertz CT molecular complexity index is 1300. The summed E-state index contributed by atoms with van der Waals surface area (Å²) in [6.45, 7) is -1.86. The van der Waals surface area contributed by atoms with Crippen molar-refractivity contribution in [2.45, 2.75) is 36.7 Å². The van der Waals surface area contributed by atoms with Crippen molar-refractivity contribution in [2.75, 3.05) is 13.1 Å². The van der Waals surface area contributed by atoms with Gasteiger partial charge in [0.1, 0.15) is 11.8 Å². The highest BCUT2D eigenvalue weighted by Gasteiger charge is 2.40. The number of nitrogens with zero attached hydrogens (tertiary/aromatic N) is 4. The lowest BCUT2D eigenvalue weighted by atomic mass is 9.99. The minimum atomic E-state index is -4.05. The number of β-amino-alcohol motifs (C(OH)–C–C–N with tert-alkyl or cyclic N) is 1. The zero-order valence-electron chi connectivity index (χ0n) is 18.4. The van der Waals surface area contributed by atoms with Crippen LogP contribution in [0.15, 0.2) is 65.7 Å². The molecule has 0 spiro atoms. The highest BCUT2D eigenvalue weighted by atomic mass is 32.2. The molecule has 0 bridgehead atoms. The van der Waals surface area contributed by atoms with Gasteiger partial charge in [0.05, 0.1) is 23.2 Å². The molecule has 0 saturated carbocycles. The van der Waals surface area contributed by atoms with Gasteiger partial charge in [-0.3, -0.25) is 9.69 Å². The summed E-state index contributed by atoms with van der Waals surface area (Å²) in [5.41, 5.74) is 1.89. The van der Waals surface area contributed by atoms with E-state index < -0.39 is 28.8 Å². The van der Waals surface area contributed by atoms with Crippen molar-refractivity contribution in [1.29, 1.82) is 0 Å². The van der Waals surface area contributed by atoms with Crippen molar-refractivity contribution in [2.24, 2.45) is 0 Å². The highest BCUT2D eigenvalue weighted by Crippen LogP contribution is 2.32. The molecular formula is C23H22F2N4O5S. The van der Waals surface area contributed by atoms with Crippen molar-refractivity contribution < 1.29 is 31.8 Å². The number of halogens is 2. The minimum Gasteiger partial charge on any atom is -0.435 e. The van der Waals surface area contributed by atoms with Crippen molar-refractivity contribution in [3.05, 3.63) is 77.6 Å². The third kappa shape index (κ3) is 4.51. The smallest absolute Gasteiger partial charge is 0.387 e. The molecule has 12 heteroatoms. The number of aliphatic hydroxyl groups is 1. The number of hydrogen-bond donors (Lipinski definition) is 1. The standard InChI is InChI=1S/C23H22F2N4O5S/c24-23(25)34-18-6-8-19(9-7-18)35(32,33)29-11-16-10-28(14-20(16)26-29)22(31)21(27-12-17(30)13-27)15-4-2-1-3-5-15/h1-9,11,17,21,23,30H,10,12-14H2/t21-/m0/s1. The maximum absolute atomic E-state index is 13.4. The molecule has 1 fully saturated rings. The van der Waals surface area contributed by atoms with Crippen molar-refractivity contribution in [3.63, 3.8) is 0 Å². The Morgan fingerprint density at radius 1 is 1.06 bits per heavy atom. The van der Waals surface area contributed by atoms with Gasteiger partial charge in [0, 0.05) is 31.4 Å². The lowest BCUT2D eigenvalue weighted by molar-refractivity contribution is -0.143. The van der Waals surface area contributed by atoms with Crippen LogP contribution in [-0.4, -0.2) is 64.2 Å². The molecule has 0 aliphatic carbocycles. The van der Waals surface area contributed by atoms with Gasteiger partial charge in [-0.25, -0.2) is 0 Å². The summed E-state index contributed by atoms with van der Waals surface area (Å²) in [5.74, 6) is -0.302. The molecule has 1 aromatic heterocycles. The van der Waals surface area contributed by atoms with Crippen molar-refractivity contribution in [1.82, 2.24) is 19.0 Å². The van der Waals surface area contributed by atoms with E-state index >= 15 is 0 Å². The number of benzene rings is 2. The fourth-order valence-corrected chi connectivity index (χ4v) is 5.49. The predicted molar refractivity (Wildman–Crippen MR) is 119 cm³/mol. The summed E-state index contributed by atoms with van der Waals surface area (Å²) in [4.78, 5) is 16.8. The van der Waals surface area contributed by atoms with Gasteiger partial charge >= 0.3 is 6.61 Å². The quantitative estimate of drug-likeness (QED) is 0.525. The van der Waals surface area contributed by atoms with Gasteiger partial charge in [-0.2, -0.15) is 26.4 Å². The van der Waals surface area contributed by atoms with E-state index in [-0.39, 0.29) is 29.6 Å². The van der Waals surface area contributed by atoms with Crippen LogP contribution in [0.4, 0.5) is 8.78 Å². The summed E-state index contributed by atoms with van der Waals surface area (Å²) in [6.07, 6.45) is 0.903. The Kier molecular flexibility index (Phi) is 6.03. The molecular weight excluding hydrogens is 482 g/mol. The number of carbonyl (C=O) groups excluding carboxylic acids is 1. The van der Waals surface area contributed by atoms with Crippen LogP contribution in [0, 0.1) is 0 Å². The lowest BCUT2D eigenvalue weighted by Crippen LogP contribution is -2.55. The number of hydrogen-bond acceptors (Lipinski definition) is 7. The van der Waals surface area contributed by atoms with E-state index in [0.717, 1.165) is 21.8 Å². The molecule has 3 heterocycles. The van der Waals surface area contributed by atoms with E-state index in [2.05, 4.69) is 9.84 Å². The summed E-state index contributed by atoms with van der Waals surface area (Å²) in [7, 11) is -4.05. The zero-order chi connectivity index (χ0) is 24.7. The molecule has 184 valence electrons. The van der Waals surface area contributed by atoms with E-state index in [4.69, 9.17) is 0 Å². The van der Waals surface area contributed by atoms with Gasteiger partial charge in [0.15, 0.2) is 0 Å². The zero-order valence-corrected chi connectivity index (χ0v) is 19.2. The van der Waals surface area contributed by atoms with Crippen LogP contribution in [0.2, 0.25) is 0 Å². The molecule has 2 aliphatic rings. The second-order valence-corrected chi connectivity index (χ2v) is 10.2. The largest absolute Gasteiger partial charge is 0.435 e. The van der Waals surface area contributed by atoms with Gasteiger partial charge in [-0.15, -0.1) is 0 Å². The highest BCUT2D eigenvalue weighted by molar-refractivity contribution is 7.89. The Balaban J connectivity index is 1.33. The van der Waals surface area contributed by atoms with Crippen LogP contribution in [-0.2, 0) is 27.9 Å². The molecule has 0 radical (unpaired) electrons. The predicted octanol–water partition coefficient (Wildman–Crippen LogP) is 1.98. The average molecular weight is 505 g/mol. The topological polar surface area (TPSA) is 105 Å². The van der Waals surface area contributed by atoms with E-state index in [1.807, 2.05) is 35.2 Å². The number of ether oxygens (including phenoxy) is 1. The van der Waals surface area contributed by atoms with Crippen LogP contribution in [0.1, 0.15) is 22.9 Å². The minimum absolute atomic E-state index is 0.131. The number of alkyl halides is 2. The van der Waals surface area contributed by atoms with Gasteiger partial charge in [-0.1, -0.05) is 30.3 Å². The van der Waals surface area contributed by atoms with Gasteiger partial charge in [-0.05, 0) is 29.8 Å². The van der Waals surface area contributed by atoms with Crippen molar-refractivity contribution >= 4 is 15.9 Å². The first-order chi connectivity index (χ1) is 16.7. The molecule has 0 unspecified atom stereocenters. The Morgan fingerprint density at radius 2 is 1.74 bits per heavy atom. The fourth-order valence-electron chi connectivity index (χ4n) is 4.32. The SMILES string of the molecule is O=C([C@H](c1ccccc1)N1CC(O)C1)N1Cc2cn(S(=O)(=O)c3ccc(OC(F)F)cc3)nc2C1. The first-order valence-corrected chi connectivity index (χ1v) is 12.3. The number of carbonyl (C=O) groups is 1. The van der Waals surface area contributed by atoms with E-state index in [1.54, 1.807) is 4.90 Å². The Morgan fingerprint density at radius 3 is 2.34 bits per heavy atom. The van der Waals surface area contributed by atoms with Crippen molar-refractivity contribution in [3.8, 4) is 5.75 Å². The van der Waals surface area contributed by atoms with E-state index in [1.165, 1.54) is 18.3 Å². The molecule has 1 atom stereocenters. The fraction of sp³-hybridized carbons (Fsp3) is 0.304. The van der Waals surface area contributed by atoms with Crippen LogP contribution >= 0.6 is 0 Å². The Labute approximate surface area is 200 Å². The molecule has 1 saturated heterocycles. The average Bonchev–Trinajstić information content (AvgIpc) is 3.39. The number of aliphatic hydroxyl groups excluding tert-OH is 1. The molecule has 35 heavy (non-hydrogen) atoms. The Hall–Kier alpha value is -3.35. The molecule has 1 amide bonds. The van der Waals surface area contributed by atoms with Gasteiger partial charge < -0.3 is 14.7 Å². The molecule has 9 nitrogen and oxygen atoms in total. The third-order valence-corrected chi connectivity index (χ3v) is 7.62. The first kappa shape index (κ1) is 23.4. The third-order valence-electron chi connectivity index (χ3n) is 6.07. The van der Waals surface area contributed by atoms with Crippen LogP contribution in [0.25, 0.3) is 0 Å². The number of amides is 1. The summed E-state index contributed by atoms with van der Waals surface area (Å²) in [5, 5.41) is 13.9. The molecule has 2 aromatic carbocycles. The van der Waals surface area contributed by atoms with Crippen LogP contribution in [0.3, 0.4) is 0 Å². The second kappa shape index (κ2) is 9.02. The maximum atomic E-state index is 13.4. The molecule has 2 aliphatic heterocycles. The monoisotopic (exact) mass is 504 g/mol. The van der Waals surface area contributed by atoms with E-state index in [9.17, 15) is 27.1 Å². The molecule has 1 N–H and O–H groups in total. The van der Waals surface area contributed by atoms with Crippen LogP contribution in [0.5, 0.6) is 5.75 Å². The second-order valence-electron chi connectivity index (χ2n) is 8.44. The number of fused-ring (bicyclic) bond motifs is 1. The summed E-state index contributed by atoms with van der Waals surface area (Å²) >= 11 is 0. The molecule has 5 rings (SSSR count). The lowest BCUT2D eigenvalue weighted by Gasteiger charge is -2.42. The van der Waals surface area contributed by atoms with Crippen LogP contribution < -0.4 is 4.74 Å². The van der Waals surface area contributed by atoms with Gasteiger partial charge in [0.25, 0.3) is 10.0 Å². The molecule has 3 aromatic rings. The number of rotatable bonds is 7. The summed E-state index contributed by atoms with van der Waals surface area (Å²) in [6, 6.07) is 13.4.